The van der Waals surface area contributed by atoms with Crippen LogP contribution in [0.15, 0.2) is 48.7 Å². The van der Waals surface area contributed by atoms with Crippen molar-refractivity contribution in [2.45, 2.75) is 49.5 Å². The molecule has 3 atom stereocenters. The van der Waals surface area contributed by atoms with Crippen LogP contribution in [0.5, 0.6) is 0 Å². The topological polar surface area (TPSA) is 58.4 Å². The number of halogens is 3. The second kappa shape index (κ2) is 7.23. The number of aromatic nitrogens is 4. The van der Waals surface area contributed by atoms with Gasteiger partial charge in [0, 0.05) is 36.8 Å². The standard InChI is InChI=1S/C25H23F3N6/c26-25(27,28)23(33-13-18-10-19(33)11-29-18)17-6-8-22-31-32-24(34(22)12-17)20-7-5-15-3-4-16(14-1-2-14)9-21(15)30-20/h3-9,12,14,18-19,23,29H,1-2,10-11,13H2/t18-,19-,23-/m0/s1. The zero-order valence-electron chi connectivity index (χ0n) is 18.3. The molecule has 9 heteroatoms. The molecule has 3 aliphatic rings. The maximum Gasteiger partial charge on any atom is 0.408 e. The molecule has 6 nitrogen and oxygen atoms in total. The molecule has 0 amide bonds. The minimum absolute atomic E-state index is 0.101. The summed E-state index contributed by atoms with van der Waals surface area (Å²) in [5, 5.41) is 12.8. The molecular formula is C25H23F3N6. The molecule has 1 aromatic carbocycles. The molecule has 174 valence electrons. The highest BCUT2D eigenvalue weighted by atomic mass is 19.4. The summed E-state index contributed by atoms with van der Waals surface area (Å²) in [6, 6.07) is 11.7. The number of hydrogen-bond acceptors (Lipinski definition) is 5. The molecule has 2 aliphatic heterocycles. The SMILES string of the molecule is FC(F)(F)[C@H](c1ccc2nnc(-c3ccc4ccc(C5CC5)cc4n3)n2c1)N1C[C@@H]2C[C@H]1CN2. The number of rotatable bonds is 4. The zero-order chi connectivity index (χ0) is 23.0. The summed E-state index contributed by atoms with van der Waals surface area (Å²) >= 11 is 0. The van der Waals surface area contributed by atoms with Gasteiger partial charge in [-0.05, 0) is 54.5 Å². The van der Waals surface area contributed by atoms with Crippen molar-refractivity contribution in [3.05, 3.63) is 59.8 Å². The van der Waals surface area contributed by atoms with Crippen LogP contribution in [0.1, 0.15) is 42.3 Å². The normalized spacial score (nSPS) is 23.9. The Morgan fingerprint density at radius 3 is 2.62 bits per heavy atom. The van der Waals surface area contributed by atoms with Gasteiger partial charge in [0.05, 0.1) is 5.52 Å². The smallest absolute Gasteiger partial charge is 0.311 e. The highest BCUT2D eigenvalue weighted by molar-refractivity contribution is 5.82. The number of nitrogens with one attached hydrogen (secondary N) is 1. The Labute approximate surface area is 193 Å². The first-order valence-electron chi connectivity index (χ1n) is 11.8. The van der Waals surface area contributed by atoms with E-state index in [0.717, 1.165) is 17.3 Å². The Kier molecular flexibility index (Phi) is 4.32. The van der Waals surface area contributed by atoms with Gasteiger partial charge in [0.2, 0.25) is 0 Å². The fourth-order valence-corrected chi connectivity index (χ4v) is 5.65. The Bertz CT molecular complexity index is 1410. The van der Waals surface area contributed by atoms with Gasteiger partial charge in [0.25, 0.3) is 0 Å². The number of nitrogens with zero attached hydrogens (tertiary/aromatic N) is 5. The van der Waals surface area contributed by atoms with E-state index in [9.17, 15) is 13.2 Å². The Balaban J connectivity index is 1.31. The molecule has 4 aromatic rings. The van der Waals surface area contributed by atoms with E-state index in [1.165, 1.54) is 30.7 Å². The summed E-state index contributed by atoms with van der Waals surface area (Å²) in [7, 11) is 0. The Morgan fingerprint density at radius 2 is 1.88 bits per heavy atom. The van der Waals surface area contributed by atoms with Crippen molar-refractivity contribution in [1.82, 2.24) is 29.8 Å². The summed E-state index contributed by atoms with van der Waals surface area (Å²) in [4.78, 5) is 6.40. The van der Waals surface area contributed by atoms with Gasteiger partial charge in [-0.25, -0.2) is 4.98 Å². The first-order chi connectivity index (χ1) is 16.4. The van der Waals surface area contributed by atoms with Gasteiger partial charge < -0.3 is 5.32 Å². The van der Waals surface area contributed by atoms with Gasteiger partial charge in [-0.2, -0.15) is 13.2 Å². The average Bonchev–Trinajstić information content (AvgIpc) is 3.25. The van der Waals surface area contributed by atoms with Crippen LogP contribution in [-0.2, 0) is 0 Å². The van der Waals surface area contributed by atoms with Crippen molar-refractivity contribution >= 4 is 16.6 Å². The average molecular weight is 464 g/mol. The van der Waals surface area contributed by atoms with Gasteiger partial charge in [-0.1, -0.05) is 24.3 Å². The molecule has 2 saturated heterocycles. The molecule has 0 radical (unpaired) electrons. The zero-order valence-corrected chi connectivity index (χ0v) is 18.3. The molecule has 5 heterocycles. The van der Waals surface area contributed by atoms with E-state index < -0.39 is 12.2 Å². The lowest BCUT2D eigenvalue weighted by molar-refractivity contribution is -0.190. The van der Waals surface area contributed by atoms with Crippen LogP contribution in [0.2, 0.25) is 0 Å². The second-order valence-corrected chi connectivity index (χ2v) is 9.77. The van der Waals surface area contributed by atoms with E-state index in [1.54, 1.807) is 15.4 Å². The van der Waals surface area contributed by atoms with Crippen molar-refractivity contribution < 1.29 is 13.2 Å². The number of hydrogen-bond donors (Lipinski definition) is 1. The van der Waals surface area contributed by atoms with E-state index in [-0.39, 0.29) is 17.6 Å². The predicted octanol–water partition coefficient (Wildman–Crippen LogP) is 4.47. The number of piperazine rings is 1. The first kappa shape index (κ1) is 20.3. The first-order valence-corrected chi connectivity index (χ1v) is 11.8. The number of fused-ring (bicyclic) bond motifs is 4. The largest absolute Gasteiger partial charge is 0.408 e. The van der Waals surface area contributed by atoms with Crippen LogP contribution in [0.25, 0.3) is 28.1 Å². The lowest BCUT2D eigenvalue weighted by Gasteiger charge is -2.36. The predicted molar refractivity (Wildman–Crippen MR) is 121 cm³/mol. The van der Waals surface area contributed by atoms with Crippen LogP contribution >= 0.6 is 0 Å². The quantitative estimate of drug-likeness (QED) is 0.483. The van der Waals surface area contributed by atoms with Crippen molar-refractivity contribution in [1.29, 1.82) is 0 Å². The van der Waals surface area contributed by atoms with Crippen LogP contribution < -0.4 is 5.32 Å². The summed E-state index contributed by atoms with van der Waals surface area (Å²) in [5.41, 5.74) is 3.44. The number of benzene rings is 1. The summed E-state index contributed by atoms with van der Waals surface area (Å²) in [6.45, 7) is 0.999. The molecular weight excluding hydrogens is 441 g/mol. The fourth-order valence-electron chi connectivity index (χ4n) is 5.65. The van der Waals surface area contributed by atoms with Gasteiger partial charge >= 0.3 is 6.18 Å². The molecule has 1 aliphatic carbocycles. The van der Waals surface area contributed by atoms with Crippen molar-refractivity contribution in [2.24, 2.45) is 0 Å². The molecule has 3 aromatic heterocycles. The van der Waals surface area contributed by atoms with E-state index >= 15 is 0 Å². The minimum Gasteiger partial charge on any atom is -0.311 e. The van der Waals surface area contributed by atoms with Crippen molar-refractivity contribution in [3.63, 3.8) is 0 Å². The van der Waals surface area contributed by atoms with E-state index in [1.807, 2.05) is 12.1 Å². The molecule has 34 heavy (non-hydrogen) atoms. The molecule has 7 rings (SSSR count). The van der Waals surface area contributed by atoms with Crippen LogP contribution in [0.4, 0.5) is 13.2 Å². The third-order valence-corrected chi connectivity index (χ3v) is 7.48. The third kappa shape index (κ3) is 3.29. The monoisotopic (exact) mass is 464 g/mol. The summed E-state index contributed by atoms with van der Waals surface area (Å²) in [6.07, 6.45) is 0.327. The van der Waals surface area contributed by atoms with Gasteiger partial charge in [-0.15, -0.1) is 10.2 Å². The number of likely N-dealkylation sites (tertiary alicyclic amines) is 1. The second-order valence-electron chi connectivity index (χ2n) is 9.77. The lowest BCUT2D eigenvalue weighted by Crippen LogP contribution is -2.49. The van der Waals surface area contributed by atoms with Gasteiger partial charge in [-0.3, -0.25) is 9.30 Å². The molecule has 0 spiro atoms. The van der Waals surface area contributed by atoms with Gasteiger partial charge in [0.15, 0.2) is 11.5 Å². The summed E-state index contributed by atoms with van der Waals surface area (Å²) < 4.78 is 44.5. The highest BCUT2D eigenvalue weighted by Gasteiger charge is 2.51. The van der Waals surface area contributed by atoms with Crippen LogP contribution in [0, 0.1) is 0 Å². The Hall–Kier alpha value is -3.04. The van der Waals surface area contributed by atoms with Crippen molar-refractivity contribution in [3.8, 4) is 11.5 Å². The van der Waals surface area contributed by atoms with E-state index in [0.29, 0.717) is 36.2 Å². The molecule has 0 unspecified atom stereocenters. The Morgan fingerprint density at radius 1 is 1.03 bits per heavy atom. The van der Waals surface area contributed by atoms with Crippen molar-refractivity contribution in [2.75, 3.05) is 13.1 Å². The maximum atomic E-state index is 14.3. The minimum atomic E-state index is -4.38. The fraction of sp³-hybridized carbons (Fsp3) is 0.400. The van der Waals surface area contributed by atoms with Gasteiger partial charge in [0.1, 0.15) is 11.7 Å². The number of pyridine rings is 2. The maximum absolute atomic E-state index is 14.3. The molecule has 1 saturated carbocycles. The summed E-state index contributed by atoms with van der Waals surface area (Å²) in [5.74, 6) is 1.06. The molecule has 1 N–H and O–H groups in total. The lowest BCUT2D eigenvalue weighted by atomic mass is 10.1. The van der Waals surface area contributed by atoms with E-state index in [2.05, 4.69) is 33.7 Å². The van der Waals surface area contributed by atoms with E-state index in [4.69, 9.17) is 4.98 Å². The van der Waals surface area contributed by atoms with Crippen LogP contribution in [0.3, 0.4) is 0 Å². The van der Waals surface area contributed by atoms with Crippen LogP contribution in [-0.4, -0.2) is 55.8 Å². The molecule has 2 bridgehead atoms. The molecule has 3 fully saturated rings. The number of alkyl halides is 3. The highest BCUT2D eigenvalue weighted by Crippen LogP contribution is 2.43. The third-order valence-electron chi connectivity index (χ3n) is 7.48.